The maximum Gasteiger partial charge on any atom is 0.233 e. The molecule has 5 atom stereocenters. The predicted molar refractivity (Wildman–Crippen MR) is 54.1 cm³/mol. The first-order valence-corrected chi connectivity index (χ1v) is 6.10. The summed E-state index contributed by atoms with van der Waals surface area (Å²) in [6, 6.07) is -1.14. The molecule has 0 radical (unpaired) electrons. The van der Waals surface area contributed by atoms with Crippen molar-refractivity contribution in [3.8, 4) is 0 Å². The minimum atomic E-state index is -1.36. The molecule has 17 heavy (non-hydrogen) atoms. The van der Waals surface area contributed by atoms with Crippen molar-refractivity contribution < 1.29 is 19.5 Å². The van der Waals surface area contributed by atoms with E-state index in [1.165, 1.54) is 6.92 Å². The summed E-state index contributed by atoms with van der Waals surface area (Å²) in [4.78, 5) is 36.0. The van der Waals surface area contributed by atoms with Crippen molar-refractivity contribution in [1.82, 2.24) is 4.90 Å². The molecule has 5 heteroatoms. The molecule has 0 unspecified atom stereocenters. The van der Waals surface area contributed by atoms with Crippen LogP contribution in [-0.2, 0) is 14.4 Å². The summed E-state index contributed by atoms with van der Waals surface area (Å²) in [5.41, 5.74) is 0. The first-order chi connectivity index (χ1) is 8.02. The standard InChI is InChI=1S/C12H15NO4/c1-5(12(16)17)13-10(14)8-6-2-3-7(4-6)9(8)11(13)15/h5-9H,2-4H2,1H3,(H,16,17)/p-1/t5-,6+,7+,8-,9+/m1/s1. The maximum atomic E-state index is 12.1. The molecule has 2 bridgehead atoms. The van der Waals surface area contributed by atoms with Crippen LogP contribution in [0.1, 0.15) is 26.2 Å². The highest BCUT2D eigenvalue weighted by molar-refractivity contribution is 6.08. The third-order valence-electron chi connectivity index (χ3n) is 4.69. The Labute approximate surface area is 98.8 Å². The zero-order chi connectivity index (χ0) is 12.3. The van der Waals surface area contributed by atoms with Gasteiger partial charge in [-0.25, -0.2) is 0 Å². The molecule has 2 amide bonds. The van der Waals surface area contributed by atoms with Crippen molar-refractivity contribution >= 4 is 17.8 Å². The van der Waals surface area contributed by atoms with Gasteiger partial charge < -0.3 is 9.90 Å². The number of imide groups is 1. The molecule has 0 aromatic carbocycles. The quantitative estimate of drug-likeness (QED) is 0.585. The van der Waals surface area contributed by atoms with E-state index in [0.29, 0.717) is 11.8 Å². The van der Waals surface area contributed by atoms with Crippen LogP contribution in [0.15, 0.2) is 0 Å². The van der Waals surface area contributed by atoms with Gasteiger partial charge in [0.15, 0.2) is 0 Å². The monoisotopic (exact) mass is 236 g/mol. The van der Waals surface area contributed by atoms with Crippen LogP contribution in [-0.4, -0.2) is 28.7 Å². The number of hydrogen-bond donors (Lipinski definition) is 0. The number of hydrogen-bond acceptors (Lipinski definition) is 4. The highest BCUT2D eigenvalue weighted by Gasteiger charge is 2.61. The topological polar surface area (TPSA) is 77.5 Å². The number of amides is 2. The Morgan fingerprint density at radius 1 is 1.24 bits per heavy atom. The minimum Gasteiger partial charge on any atom is -0.548 e. The third kappa shape index (κ3) is 1.22. The van der Waals surface area contributed by atoms with E-state index in [0.717, 1.165) is 24.2 Å². The molecule has 3 aliphatic rings. The van der Waals surface area contributed by atoms with Gasteiger partial charge in [-0.1, -0.05) is 0 Å². The maximum absolute atomic E-state index is 12.1. The second-order valence-electron chi connectivity index (χ2n) is 5.43. The molecular formula is C12H14NO4-. The largest absolute Gasteiger partial charge is 0.548 e. The summed E-state index contributed by atoms with van der Waals surface area (Å²) < 4.78 is 0. The molecule has 0 N–H and O–H groups in total. The number of carbonyl (C=O) groups excluding carboxylic acids is 3. The number of carboxylic acids is 1. The van der Waals surface area contributed by atoms with Crippen LogP contribution in [0.5, 0.6) is 0 Å². The van der Waals surface area contributed by atoms with Gasteiger partial charge in [-0.05, 0) is 38.0 Å². The molecule has 0 aromatic rings. The van der Waals surface area contributed by atoms with E-state index >= 15 is 0 Å². The van der Waals surface area contributed by atoms with Crippen molar-refractivity contribution in [3.63, 3.8) is 0 Å². The highest BCUT2D eigenvalue weighted by atomic mass is 16.4. The van der Waals surface area contributed by atoms with Gasteiger partial charge in [0.2, 0.25) is 11.8 Å². The van der Waals surface area contributed by atoms with Crippen molar-refractivity contribution in [3.05, 3.63) is 0 Å². The summed E-state index contributed by atoms with van der Waals surface area (Å²) >= 11 is 0. The van der Waals surface area contributed by atoms with Crippen molar-refractivity contribution in [1.29, 1.82) is 0 Å². The number of rotatable bonds is 2. The molecule has 2 aliphatic carbocycles. The summed E-state index contributed by atoms with van der Waals surface area (Å²) in [5, 5.41) is 10.8. The Morgan fingerprint density at radius 3 is 2.12 bits per heavy atom. The molecule has 1 aliphatic heterocycles. The Hall–Kier alpha value is -1.39. The summed E-state index contributed by atoms with van der Waals surface area (Å²) in [7, 11) is 0. The zero-order valence-electron chi connectivity index (χ0n) is 9.59. The zero-order valence-corrected chi connectivity index (χ0v) is 9.59. The van der Waals surface area contributed by atoms with E-state index in [1.54, 1.807) is 0 Å². The van der Waals surface area contributed by atoms with E-state index in [9.17, 15) is 19.5 Å². The first kappa shape index (κ1) is 10.7. The fourth-order valence-corrected chi connectivity index (χ4v) is 3.92. The average molecular weight is 236 g/mol. The van der Waals surface area contributed by atoms with Crippen LogP contribution in [0.2, 0.25) is 0 Å². The average Bonchev–Trinajstić information content (AvgIpc) is 2.92. The van der Waals surface area contributed by atoms with E-state index in [2.05, 4.69) is 0 Å². The van der Waals surface area contributed by atoms with Crippen LogP contribution >= 0.6 is 0 Å². The number of aliphatic carboxylic acids is 1. The normalized spacial score (nSPS) is 40.9. The van der Waals surface area contributed by atoms with E-state index in [1.807, 2.05) is 0 Å². The fourth-order valence-electron chi connectivity index (χ4n) is 3.92. The van der Waals surface area contributed by atoms with Crippen LogP contribution in [0.4, 0.5) is 0 Å². The predicted octanol–water partition coefficient (Wildman–Crippen LogP) is -0.844. The van der Waals surface area contributed by atoms with Crippen molar-refractivity contribution in [2.45, 2.75) is 32.2 Å². The van der Waals surface area contributed by atoms with Crippen LogP contribution in [0, 0.1) is 23.7 Å². The van der Waals surface area contributed by atoms with Gasteiger partial charge in [-0.3, -0.25) is 14.5 Å². The van der Waals surface area contributed by atoms with Crippen LogP contribution in [0.25, 0.3) is 0 Å². The lowest BCUT2D eigenvalue weighted by Crippen LogP contribution is -2.49. The summed E-state index contributed by atoms with van der Waals surface area (Å²) in [5.74, 6) is -1.85. The lowest BCUT2D eigenvalue weighted by atomic mass is 9.81. The van der Waals surface area contributed by atoms with E-state index in [-0.39, 0.29) is 23.7 Å². The van der Waals surface area contributed by atoms with Crippen LogP contribution < -0.4 is 5.11 Å². The fraction of sp³-hybridized carbons (Fsp3) is 0.750. The molecule has 1 saturated heterocycles. The van der Waals surface area contributed by atoms with Gasteiger partial charge in [0, 0.05) is 0 Å². The van der Waals surface area contributed by atoms with Gasteiger partial charge in [-0.15, -0.1) is 0 Å². The van der Waals surface area contributed by atoms with Gasteiger partial charge in [-0.2, -0.15) is 0 Å². The molecule has 1 heterocycles. The molecule has 0 spiro atoms. The van der Waals surface area contributed by atoms with Gasteiger partial charge in [0.25, 0.3) is 0 Å². The number of carbonyl (C=O) groups is 3. The second-order valence-corrected chi connectivity index (χ2v) is 5.43. The smallest absolute Gasteiger partial charge is 0.233 e. The summed E-state index contributed by atoms with van der Waals surface area (Å²) in [6.45, 7) is 1.34. The number of nitrogens with zero attached hydrogens (tertiary/aromatic N) is 1. The van der Waals surface area contributed by atoms with E-state index in [4.69, 9.17) is 0 Å². The number of likely N-dealkylation sites (tertiary alicyclic amines) is 1. The van der Waals surface area contributed by atoms with Crippen molar-refractivity contribution in [2.24, 2.45) is 23.7 Å². The Kier molecular flexibility index (Phi) is 2.09. The molecule has 2 saturated carbocycles. The third-order valence-corrected chi connectivity index (χ3v) is 4.69. The minimum absolute atomic E-state index is 0.247. The molecule has 92 valence electrons. The first-order valence-electron chi connectivity index (χ1n) is 6.10. The van der Waals surface area contributed by atoms with Crippen molar-refractivity contribution in [2.75, 3.05) is 0 Å². The van der Waals surface area contributed by atoms with Gasteiger partial charge in [0.1, 0.15) is 0 Å². The van der Waals surface area contributed by atoms with E-state index < -0.39 is 12.0 Å². The molecule has 0 aromatic heterocycles. The second kappa shape index (κ2) is 3.31. The molecular weight excluding hydrogens is 222 g/mol. The molecule has 3 rings (SSSR count). The Morgan fingerprint density at radius 2 is 1.71 bits per heavy atom. The van der Waals surface area contributed by atoms with Crippen LogP contribution in [0.3, 0.4) is 0 Å². The Balaban J connectivity index is 1.93. The lowest BCUT2D eigenvalue weighted by Gasteiger charge is -2.24. The summed E-state index contributed by atoms with van der Waals surface area (Å²) in [6.07, 6.45) is 2.96. The lowest BCUT2D eigenvalue weighted by molar-refractivity contribution is -0.310. The molecule has 3 fully saturated rings. The number of fused-ring (bicyclic) bond motifs is 5. The molecule has 5 nitrogen and oxygen atoms in total. The van der Waals surface area contributed by atoms with Gasteiger partial charge in [0.05, 0.1) is 23.8 Å². The highest BCUT2D eigenvalue weighted by Crippen LogP contribution is 2.56. The number of carboxylic acid groups (broad SMARTS) is 1. The SMILES string of the molecule is C[C@H](C(=O)[O-])N1C(=O)[C@@H]2[C@H]3CC[C@@H](C3)[C@@H]2C1=O. The Bertz CT molecular complexity index is 391. The van der Waals surface area contributed by atoms with Gasteiger partial charge >= 0.3 is 0 Å².